The van der Waals surface area contributed by atoms with E-state index in [1.54, 1.807) is 0 Å². The van der Waals surface area contributed by atoms with Gasteiger partial charge in [-0.1, -0.05) is 37.8 Å². The Morgan fingerprint density at radius 3 is 2.25 bits per heavy atom. The maximum atomic E-state index is 12.1. The molecule has 1 atom stereocenters. The summed E-state index contributed by atoms with van der Waals surface area (Å²) in [6.45, 7) is 12.6. The molecule has 0 aromatic rings. The molecular weight excluding hydrogens is 246 g/mol. The summed E-state index contributed by atoms with van der Waals surface area (Å²) in [6, 6.07) is 0.355. The Kier molecular flexibility index (Phi) is 9.83. The predicted octanol–water partition coefficient (Wildman–Crippen LogP) is 5.03. The molecule has 0 spiro atoms. The van der Waals surface area contributed by atoms with Crippen LogP contribution in [0.15, 0.2) is 11.6 Å². The molecule has 0 aliphatic rings. The average Bonchev–Trinajstić information content (AvgIpc) is 2.35. The Morgan fingerprint density at radius 1 is 1.15 bits per heavy atom. The lowest BCUT2D eigenvalue weighted by molar-refractivity contribution is -0.125. The lowest BCUT2D eigenvalue weighted by atomic mass is 9.87. The van der Waals surface area contributed by atoms with Crippen molar-refractivity contribution >= 4 is 5.78 Å². The number of ketones is 1. The third kappa shape index (κ3) is 8.52. The van der Waals surface area contributed by atoms with Crippen LogP contribution in [0.1, 0.15) is 86.5 Å². The van der Waals surface area contributed by atoms with Crippen molar-refractivity contribution in [1.82, 2.24) is 5.32 Å². The molecule has 1 N–H and O–H groups in total. The SMILES string of the molecule is CCC(=O)[C@@](C)(CCCCCCC=C(C)C)NC(C)C. The van der Waals surface area contributed by atoms with E-state index in [4.69, 9.17) is 0 Å². The van der Waals surface area contributed by atoms with Gasteiger partial charge < -0.3 is 5.32 Å². The number of nitrogens with one attached hydrogen (secondary N) is 1. The molecule has 0 aromatic heterocycles. The van der Waals surface area contributed by atoms with Crippen molar-refractivity contribution in [2.24, 2.45) is 0 Å². The quantitative estimate of drug-likeness (QED) is 0.425. The Balaban J connectivity index is 4.03. The van der Waals surface area contributed by atoms with Gasteiger partial charge in [0, 0.05) is 12.5 Å². The van der Waals surface area contributed by atoms with E-state index in [-0.39, 0.29) is 5.54 Å². The first-order valence-electron chi connectivity index (χ1n) is 8.26. The molecule has 0 fully saturated rings. The highest BCUT2D eigenvalue weighted by atomic mass is 16.1. The number of rotatable bonds is 11. The maximum absolute atomic E-state index is 12.1. The highest BCUT2D eigenvalue weighted by Gasteiger charge is 2.30. The second kappa shape index (κ2) is 10.1. The minimum absolute atomic E-state index is 0.331. The topological polar surface area (TPSA) is 29.1 Å². The minimum Gasteiger partial charge on any atom is -0.303 e. The smallest absolute Gasteiger partial charge is 0.152 e. The molecule has 0 saturated heterocycles. The van der Waals surface area contributed by atoms with Crippen LogP contribution in [0.25, 0.3) is 0 Å². The van der Waals surface area contributed by atoms with Gasteiger partial charge >= 0.3 is 0 Å². The van der Waals surface area contributed by atoms with Gasteiger partial charge in [0.05, 0.1) is 5.54 Å². The number of allylic oxidation sites excluding steroid dienone is 2. The highest BCUT2D eigenvalue weighted by molar-refractivity contribution is 5.87. The fourth-order valence-corrected chi connectivity index (χ4v) is 2.69. The summed E-state index contributed by atoms with van der Waals surface area (Å²) < 4.78 is 0. The maximum Gasteiger partial charge on any atom is 0.152 e. The van der Waals surface area contributed by atoms with Gasteiger partial charge in [0.15, 0.2) is 5.78 Å². The van der Waals surface area contributed by atoms with Crippen LogP contribution in [-0.2, 0) is 4.79 Å². The van der Waals surface area contributed by atoms with Gasteiger partial charge in [-0.05, 0) is 53.9 Å². The van der Waals surface area contributed by atoms with Crippen molar-refractivity contribution < 1.29 is 4.79 Å². The zero-order chi connectivity index (χ0) is 15.6. The second-order valence-electron chi connectivity index (χ2n) is 6.64. The first-order valence-corrected chi connectivity index (χ1v) is 8.26. The third-order valence-corrected chi connectivity index (χ3v) is 3.73. The van der Waals surface area contributed by atoms with Crippen LogP contribution in [0.4, 0.5) is 0 Å². The van der Waals surface area contributed by atoms with E-state index in [9.17, 15) is 4.79 Å². The Bertz CT molecular complexity index is 303. The molecule has 0 aromatic carbocycles. The van der Waals surface area contributed by atoms with Crippen molar-refractivity contribution in [3.8, 4) is 0 Å². The molecule has 2 nitrogen and oxygen atoms in total. The van der Waals surface area contributed by atoms with Crippen molar-refractivity contribution in [3.63, 3.8) is 0 Å². The number of hydrogen-bond acceptors (Lipinski definition) is 2. The normalized spacial score (nSPS) is 14.2. The predicted molar refractivity (Wildman–Crippen MR) is 89.1 cm³/mol. The molecule has 20 heavy (non-hydrogen) atoms. The van der Waals surface area contributed by atoms with Gasteiger partial charge in [-0.2, -0.15) is 0 Å². The zero-order valence-electron chi connectivity index (χ0n) is 14.5. The highest BCUT2D eigenvalue weighted by Crippen LogP contribution is 2.19. The van der Waals surface area contributed by atoms with Gasteiger partial charge in [-0.15, -0.1) is 0 Å². The third-order valence-electron chi connectivity index (χ3n) is 3.73. The summed E-state index contributed by atoms with van der Waals surface area (Å²) >= 11 is 0. The molecule has 0 amide bonds. The van der Waals surface area contributed by atoms with Crippen LogP contribution in [-0.4, -0.2) is 17.4 Å². The molecule has 0 radical (unpaired) electrons. The summed E-state index contributed by atoms with van der Waals surface area (Å²) in [5.74, 6) is 0.343. The Morgan fingerprint density at radius 2 is 1.75 bits per heavy atom. The largest absolute Gasteiger partial charge is 0.303 e. The van der Waals surface area contributed by atoms with Gasteiger partial charge in [0.25, 0.3) is 0 Å². The fourth-order valence-electron chi connectivity index (χ4n) is 2.69. The number of carbonyl (C=O) groups is 1. The molecule has 0 bridgehead atoms. The summed E-state index contributed by atoms with van der Waals surface area (Å²) in [6.07, 6.45) is 9.98. The van der Waals surface area contributed by atoms with Crippen LogP contribution < -0.4 is 5.32 Å². The van der Waals surface area contributed by atoms with Crippen molar-refractivity contribution in [2.45, 2.75) is 98.1 Å². The molecule has 118 valence electrons. The first-order chi connectivity index (χ1) is 9.31. The zero-order valence-corrected chi connectivity index (χ0v) is 14.5. The summed E-state index contributed by atoms with van der Waals surface area (Å²) in [4.78, 5) is 12.1. The number of Topliss-reactive ketones (excluding diaryl/α,β-unsaturated/α-hetero) is 1. The molecule has 0 rings (SSSR count). The van der Waals surface area contributed by atoms with E-state index >= 15 is 0 Å². The number of hydrogen-bond donors (Lipinski definition) is 1. The van der Waals surface area contributed by atoms with Gasteiger partial charge in [-0.3, -0.25) is 4.79 Å². The van der Waals surface area contributed by atoms with Crippen LogP contribution in [0.2, 0.25) is 0 Å². The fraction of sp³-hybridized carbons (Fsp3) is 0.833. The van der Waals surface area contributed by atoms with Crippen LogP contribution in [0.3, 0.4) is 0 Å². The second-order valence-corrected chi connectivity index (χ2v) is 6.64. The van der Waals surface area contributed by atoms with Gasteiger partial charge in [-0.25, -0.2) is 0 Å². The van der Waals surface area contributed by atoms with Crippen molar-refractivity contribution in [3.05, 3.63) is 11.6 Å². The van der Waals surface area contributed by atoms with Crippen molar-refractivity contribution in [2.75, 3.05) is 0 Å². The van der Waals surface area contributed by atoms with Crippen LogP contribution in [0, 0.1) is 0 Å². The molecule has 0 unspecified atom stereocenters. The number of carbonyl (C=O) groups excluding carboxylic acids is 1. The molecule has 0 heterocycles. The lowest BCUT2D eigenvalue weighted by Gasteiger charge is -2.31. The van der Waals surface area contributed by atoms with Crippen LogP contribution in [0.5, 0.6) is 0 Å². The molecular formula is C18H35NO. The van der Waals surface area contributed by atoms with Gasteiger partial charge in [0.1, 0.15) is 0 Å². The summed E-state index contributed by atoms with van der Waals surface area (Å²) in [7, 11) is 0. The lowest BCUT2D eigenvalue weighted by Crippen LogP contribution is -2.52. The van der Waals surface area contributed by atoms with E-state index in [0.717, 1.165) is 12.8 Å². The van der Waals surface area contributed by atoms with E-state index in [1.165, 1.54) is 31.3 Å². The molecule has 0 aliphatic carbocycles. The summed E-state index contributed by atoms with van der Waals surface area (Å²) in [5, 5.41) is 3.46. The van der Waals surface area contributed by atoms with E-state index < -0.39 is 0 Å². The average molecular weight is 281 g/mol. The van der Waals surface area contributed by atoms with Crippen LogP contribution >= 0.6 is 0 Å². The molecule has 2 heteroatoms. The monoisotopic (exact) mass is 281 g/mol. The van der Waals surface area contributed by atoms with E-state index in [2.05, 4.69) is 46.0 Å². The summed E-state index contributed by atoms with van der Waals surface area (Å²) in [5.41, 5.74) is 1.08. The standard InChI is InChI=1S/C18H35NO/c1-7-17(20)18(6,19-16(4)5)14-12-10-8-9-11-13-15(2)3/h13,16,19H,7-12,14H2,1-6H3/t18-/m1/s1. The van der Waals surface area contributed by atoms with E-state index in [1.807, 2.05) is 6.92 Å². The van der Waals surface area contributed by atoms with Crippen molar-refractivity contribution in [1.29, 1.82) is 0 Å². The Hall–Kier alpha value is -0.630. The number of unbranched alkanes of at least 4 members (excludes halogenated alkanes) is 4. The molecule has 0 aliphatic heterocycles. The minimum atomic E-state index is -0.331. The van der Waals surface area contributed by atoms with Gasteiger partial charge in [0.2, 0.25) is 0 Å². The van der Waals surface area contributed by atoms with E-state index in [0.29, 0.717) is 18.2 Å². The Labute approximate surface area is 126 Å². The molecule has 0 saturated carbocycles. The first kappa shape index (κ1) is 19.4.